The van der Waals surface area contributed by atoms with E-state index in [9.17, 15) is 14.5 Å². The minimum atomic E-state index is -0.732. The second-order valence-electron chi connectivity index (χ2n) is 4.65. The fourth-order valence-corrected chi connectivity index (χ4v) is 2.02. The molecule has 1 atom stereocenters. The smallest absolute Gasteiger partial charge is 0.305 e. The second-order valence-corrected chi connectivity index (χ2v) is 4.65. The number of nitrogens with one attached hydrogen (secondary N) is 1. The normalized spacial score (nSPS) is 12.3. The van der Waals surface area contributed by atoms with Gasteiger partial charge in [-0.2, -0.15) is 4.39 Å². The lowest BCUT2D eigenvalue weighted by Gasteiger charge is -2.17. The van der Waals surface area contributed by atoms with E-state index in [0.29, 0.717) is 25.0 Å². The van der Waals surface area contributed by atoms with Crippen LogP contribution in [0.1, 0.15) is 25.3 Å². The summed E-state index contributed by atoms with van der Waals surface area (Å²) in [6.07, 6.45) is 2.12. The van der Waals surface area contributed by atoms with E-state index in [4.69, 9.17) is 4.74 Å². The molecule has 0 bridgehead atoms. The first-order valence-electron chi connectivity index (χ1n) is 6.74. The van der Waals surface area contributed by atoms with Crippen LogP contribution in [0.4, 0.5) is 10.1 Å². The molecule has 112 valence electrons. The molecule has 0 fully saturated rings. The summed E-state index contributed by atoms with van der Waals surface area (Å²) in [5, 5.41) is 14.0. The largest absolute Gasteiger partial charge is 0.383 e. The number of aryl methyl sites for hydroxylation is 1. The standard InChI is InChI=1S/C14H21FN2O3/c1-3-9-16-12(10-20-2)8-7-11-5-4-6-13(14(11)15)17(18)19/h4-6,12,16H,3,7-10H2,1-2H3. The Morgan fingerprint density at radius 3 is 2.85 bits per heavy atom. The first kappa shape index (κ1) is 16.5. The summed E-state index contributed by atoms with van der Waals surface area (Å²) >= 11 is 0. The maximum atomic E-state index is 13.9. The van der Waals surface area contributed by atoms with Gasteiger partial charge in [0.15, 0.2) is 0 Å². The van der Waals surface area contributed by atoms with E-state index >= 15 is 0 Å². The minimum Gasteiger partial charge on any atom is -0.383 e. The molecule has 0 aliphatic heterocycles. The van der Waals surface area contributed by atoms with Gasteiger partial charge >= 0.3 is 5.69 Å². The van der Waals surface area contributed by atoms with Crippen molar-refractivity contribution in [3.8, 4) is 0 Å². The molecule has 1 unspecified atom stereocenters. The minimum absolute atomic E-state index is 0.124. The molecule has 0 saturated carbocycles. The Morgan fingerprint density at radius 2 is 2.25 bits per heavy atom. The molecule has 0 heterocycles. The van der Waals surface area contributed by atoms with E-state index in [-0.39, 0.29) is 6.04 Å². The van der Waals surface area contributed by atoms with Crippen LogP contribution >= 0.6 is 0 Å². The van der Waals surface area contributed by atoms with Crippen molar-refractivity contribution in [2.24, 2.45) is 0 Å². The average molecular weight is 284 g/mol. The zero-order valence-corrected chi connectivity index (χ0v) is 11.9. The van der Waals surface area contributed by atoms with Gasteiger partial charge in [0.25, 0.3) is 0 Å². The van der Waals surface area contributed by atoms with Crippen molar-refractivity contribution in [3.63, 3.8) is 0 Å². The van der Waals surface area contributed by atoms with Gasteiger partial charge in [0.2, 0.25) is 5.82 Å². The molecule has 1 rings (SSSR count). The van der Waals surface area contributed by atoms with Crippen LogP contribution < -0.4 is 5.32 Å². The van der Waals surface area contributed by atoms with Gasteiger partial charge in [-0.15, -0.1) is 0 Å². The quantitative estimate of drug-likeness (QED) is 0.559. The Morgan fingerprint density at radius 1 is 1.50 bits per heavy atom. The van der Waals surface area contributed by atoms with E-state index in [0.717, 1.165) is 13.0 Å². The summed E-state index contributed by atoms with van der Waals surface area (Å²) in [5.74, 6) is -0.732. The van der Waals surface area contributed by atoms with E-state index < -0.39 is 16.4 Å². The highest BCUT2D eigenvalue weighted by molar-refractivity contribution is 5.36. The van der Waals surface area contributed by atoms with Crippen molar-refractivity contribution >= 4 is 5.69 Å². The number of hydrogen-bond acceptors (Lipinski definition) is 4. The second kappa shape index (κ2) is 8.60. The third kappa shape index (κ3) is 4.86. The first-order chi connectivity index (χ1) is 9.60. The Bertz CT molecular complexity index is 440. The van der Waals surface area contributed by atoms with E-state index in [1.807, 2.05) is 0 Å². The predicted octanol–water partition coefficient (Wildman–Crippen LogP) is 2.68. The molecule has 0 aliphatic rings. The van der Waals surface area contributed by atoms with Crippen LogP contribution in [0.3, 0.4) is 0 Å². The highest BCUT2D eigenvalue weighted by Crippen LogP contribution is 2.21. The zero-order valence-electron chi connectivity index (χ0n) is 11.9. The summed E-state index contributed by atoms with van der Waals surface area (Å²) in [5.41, 5.74) is -0.0917. The van der Waals surface area contributed by atoms with Gasteiger partial charge < -0.3 is 10.1 Å². The predicted molar refractivity (Wildman–Crippen MR) is 75.3 cm³/mol. The number of ether oxygens (including phenoxy) is 1. The summed E-state index contributed by atoms with van der Waals surface area (Å²) in [6, 6.07) is 4.41. The molecule has 1 aromatic rings. The molecular weight excluding hydrogens is 263 g/mol. The Balaban J connectivity index is 2.67. The lowest BCUT2D eigenvalue weighted by atomic mass is 10.0. The van der Waals surface area contributed by atoms with Crippen LogP contribution in [0.25, 0.3) is 0 Å². The molecule has 0 saturated heterocycles. The summed E-state index contributed by atoms with van der Waals surface area (Å²) in [4.78, 5) is 10.00. The number of nitrogens with zero attached hydrogens (tertiary/aromatic N) is 1. The van der Waals surface area contributed by atoms with Gasteiger partial charge in [-0.1, -0.05) is 19.1 Å². The Hall–Kier alpha value is -1.53. The Kier molecular flexibility index (Phi) is 7.11. The number of halogens is 1. The van der Waals surface area contributed by atoms with E-state index in [1.54, 1.807) is 13.2 Å². The molecule has 20 heavy (non-hydrogen) atoms. The van der Waals surface area contributed by atoms with Gasteiger partial charge in [0.05, 0.1) is 11.5 Å². The van der Waals surface area contributed by atoms with Crippen LogP contribution in [0, 0.1) is 15.9 Å². The van der Waals surface area contributed by atoms with Crippen LogP contribution in [-0.4, -0.2) is 31.2 Å². The van der Waals surface area contributed by atoms with Crippen molar-refractivity contribution in [2.45, 2.75) is 32.2 Å². The van der Waals surface area contributed by atoms with Gasteiger partial charge in [0.1, 0.15) is 0 Å². The fourth-order valence-electron chi connectivity index (χ4n) is 2.02. The number of nitro groups is 1. The molecule has 0 spiro atoms. The van der Waals surface area contributed by atoms with Crippen LogP contribution in [0.15, 0.2) is 18.2 Å². The van der Waals surface area contributed by atoms with Gasteiger partial charge in [-0.05, 0) is 31.4 Å². The number of benzene rings is 1. The van der Waals surface area contributed by atoms with E-state index in [1.165, 1.54) is 12.1 Å². The maximum absolute atomic E-state index is 13.9. The maximum Gasteiger partial charge on any atom is 0.305 e. The van der Waals surface area contributed by atoms with Crippen molar-refractivity contribution in [1.82, 2.24) is 5.32 Å². The van der Waals surface area contributed by atoms with Crippen molar-refractivity contribution in [1.29, 1.82) is 0 Å². The third-order valence-corrected chi connectivity index (χ3v) is 3.07. The highest BCUT2D eigenvalue weighted by Gasteiger charge is 2.18. The molecule has 5 nitrogen and oxygen atoms in total. The fraction of sp³-hybridized carbons (Fsp3) is 0.571. The van der Waals surface area contributed by atoms with Gasteiger partial charge in [0, 0.05) is 19.2 Å². The lowest BCUT2D eigenvalue weighted by Crippen LogP contribution is -2.34. The zero-order chi connectivity index (χ0) is 15.0. The Labute approximate surface area is 118 Å². The third-order valence-electron chi connectivity index (χ3n) is 3.07. The molecule has 1 N–H and O–H groups in total. The molecule has 1 aromatic carbocycles. The van der Waals surface area contributed by atoms with Crippen LogP contribution in [0.5, 0.6) is 0 Å². The van der Waals surface area contributed by atoms with Gasteiger partial charge in [-0.25, -0.2) is 0 Å². The number of nitro benzene ring substituents is 1. The first-order valence-corrected chi connectivity index (χ1v) is 6.74. The van der Waals surface area contributed by atoms with Crippen molar-refractivity contribution in [3.05, 3.63) is 39.7 Å². The topological polar surface area (TPSA) is 64.4 Å². The number of rotatable bonds is 9. The van der Waals surface area contributed by atoms with Crippen molar-refractivity contribution < 1.29 is 14.1 Å². The monoisotopic (exact) mass is 284 g/mol. The molecule has 0 aliphatic carbocycles. The SMILES string of the molecule is CCCNC(CCc1cccc([N+](=O)[O-])c1F)COC. The molecular formula is C14H21FN2O3. The van der Waals surface area contributed by atoms with Crippen LogP contribution in [-0.2, 0) is 11.2 Å². The number of hydrogen-bond donors (Lipinski definition) is 1. The highest BCUT2D eigenvalue weighted by atomic mass is 19.1. The summed E-state index contributed by atoms with van der Waals surface area (Å²) in [7, 11) is 1.62. The van der Waals surface area contributed by atoms with E-state index in [2.05, 4.69) is 12.2 Å². The molecule has 0 aromatic heterocycles. The average Bonchev–Trinajstić information content (AvgIpc) is 2.42. The molecule has 6 heteroatoms. The summed E-state index contributed by atoms with van der Waals surface area (Å²) < 4.78 is 19.0. The van der Waals surface area contributed by atoms with Gasteiger partial charge in [-0.3, -0.25) is 10.1 Å². The molecule has 0 amide bonds. The van der Waals surface area contributed by atoms with Crippen molar-refractivity contribution in [2.75, 3.05) is 20.3 Å². The van der Waals surface area contributed by atoms with Crippen LogP contribution in [0.2, 0.25) is 0 Å². The molecule has 0 radical (unpaired) electrons. The number of methoxy groups -OCH3 is 1. The lowest BCUT2D eigenvalue weighted by molar-refractivity contribution is -0.387. The summed E-state index contributed by atoms with van der Waals surface area (Å²) in [6.45, 7) is 3.47.